The molecule has 2 aromatic carbocycles. The number of hydrogen-bond acceptors (Lipinski definition) is 3. The van der Waals surface area contributed by atoms with Crippen LogP contribution >= 0.6 is 0 Å². The second-order valence-corrected chi connectivity index (χ2v) is 10.5. The van der Waals surface area contributed by atoms with Crippen LogP contribution in [-0.4, -0.2) is 52.8 Å². The van der Waals surface area contributed by atoms with Crippen molar-refractivity contribution in [3.05, 3.63) is 78.1 Å². The number of aromatic nitrogens is 1. The maximum absolute atomic E-state index is 13.6. The van der Waals surface area contributed by atoms with Crippen molar-refractivity contribution in [2.24, 2.45) is 11.3 Å². The lowest BCUT2D eigenvalue weighted by Crippen LogP contribution is -2.50. The van der Waals surface area contributed by atoms with Crippen molar-refractivity contribution in [3.63, 3.8) is 0 Å². The second-order valence-electron chi connectivity index (χ2n) is 10.5. The molecular weight excluding hydrogens is 434 g/mol. The Balaban J connectivity index is 1.18. The van der Waals surface area contributed by atoms with Crippen LogP contribution in [0.2, 0.25) is 0 Å². The SMILES string of the molecule is CC1(C(=O)N2CCC[C@@H](Cc3cncc4ccccc34)CC2)CCN(C(=O)c2ccccc2)CC1. The van der Waals surface area contributed by atoms with Crippen LogP contribution in [0.15, 0.2) is 67.0 Å². The van der Waals surface area contributed by atoms with Gasteiger partial charge in [0.1, 0.15) is 0 Å². The molecule has 0 radical (unpaired) electrons. The van der Waals surface area contributed by atoms with Gasteiger partial charge in [-0.3, -0.25) is 14.6 Å². The van der Waals surface area contributed by atoms with Gasteiger partial charge in [-0.1, -0.05) is 49.4 Å². The van der Waals surface area contributed by atoms with Crippen LogP contribution in [0.3, 0.4) is 0 Å². The van der Waals surface area contributed by atoms with Crippen molar-refractivity contribution in [2.75, 3.05) is 26.2 Å². The van der Waals surface area contributed by atoms with E-state index in [9.17, 15) is 9.59 Å². The smallest absolute Gasteiger partial charge is 0.253 e. The van der Waals surface area contributed by atoms with E-state index < -0.39 is 0 Å². The molecule has 2 fully saturated rings. The summed E-state index contributed by atoms with van der Waals surface area (Å²) in [7, 11) is 0. The van der Waals surface area contributed by atoms with Crippen molar-refractivity contribution < 1.29 is 9.59 Å². The van der Waals surface area contributed by atoms with Gasteiger partial charge in [-0.2, -0.15) is 0 Å². The Hall–Kier alpha value is -3.21. The molecule has 0 N–H and O–H groups in total. The summed E-state index contributed by atoms with van der Waals surface area (Å²) in [5.41, 5.74) is 1.66. The van der Waals surface area contributed by atoms with Crippen LogP contribution in [0, 0.1) is 11.3 Å². The number of rotatable bonds is 4. The van der Waals surface area contributed by atoms with Crippen molar-refractivity contribution in [3.8, 4) is 0 Å². The van der Waals surface area contributed by atoms with E-state index in [2.05, 4.69) is 41.1 Å². The Morgan fingerprint density at radius 1 is 0.886 bits per heavy atom. The minimum absolute atomic E-state index is 0.0700. The van der Waals surface area contributed by atoms with Gasteiger partial charge in [0.05, 0.1) is 0 Å². The molecule has 2 saturated heterocycles. The topological polar surface area (TPSA) is 53.5 Å². The van der Waals surface area contributed by atoms with Gasteiger partial charge >= 0.3 is 0 Å². The van der Waals surface area contributed by atoms with E-state index in [0.717, 1.165) is 57.2 Å². The van der Waals surface area contributed by atoms with Crippen molar-refractivity contribution in [2.45, 2.75) is 45.4 Å². The number of likely N-dealkylation sites (tertiary alicyclic amines) is 2. The number of carbonyl (C=O) groups excluding carboxylic acids is 2. The zero-order chi connectivity index (χ0) is 24.3. The molecule has 2 aliphatic heterocycles. The summed E-state index contributed by atoms with van der Waals surface area (Å²) in [6.07, 6.45) is 9.64. The molecule has 1 aromatic heterocycles. The van der Waals surface area contributed by atoms with Gasteiger partial charge in [0.15, 0.2) is 0 Å². The quantitative estimate of drug-likeness (QED) is 0.518. The summed E-state index contributed by atoms with van der Waals surface area (Å²) in [5.74, 6) is 0.913. The third kappa shape index (κ3) is 5.09. The van der Waals surface area contributed by atoms with Crippen molar-refractivity contribution in [1.82, 2.24) is 14.8 Å². The van der Waals surface area contributed by atoms with Gasteiger partial charge in [-0.05, 0) is 67.5 Å². The van der Waals surface area contributed by atoms with Crippen molar-refractivity contribution >= 4 is 22.6 Å². The lowest BCUT2D eigenvalue weighted by Gasteiger charge is -2.41. The molecule has 2 amide bonds. The van der Waals surface area contributed by atoms with E-state index in [0.29, 0.717) is 19.0 Å². The summed E-state index contributed by atoms with van der Waals surface area (Å²) in [6, 6.07) is 17.9. The molecule has 182 valence electrons. The van der Waals surface area contributed by atoms with Crippen LogP contribution in [0.4, 0.5) is 0 Å². The molecule has 5 rings (SSSR count). The number of fused-ring (bicyclic) bond motifs is 1. The maximum Gasteiger partial charge on any atom is 0.253 e. The fourth-order valence-corrected chi connectivity index (χ4v) is 5.79. The van der Waals surface area contributed by atoms with Gasteiger partial charge in [-0.15, -0.1) is 0 Å². The Bertz CT molecular complexity index is 1180. The van der Waals surface area contributed by atoms with E-state index in [4.69, 9.17) is 0 Å². The number of benzene rings is 2. The number of piperidine rings is 1. The number of hydrogen-bond donors (Lipinski definition) is 0. The molecule has 5 heteroatoms. The molecule has 0 aliphatic carbocycles. The molecular formula is C30H35N3O2. The van der Waals surface area contributed by atoms with E-state index in [1.165, 1.54) is 16.3 Å². The molecule has 1 atom stereocenters. The first-order valence-corrected chi connectivity index (χ1v) is 13.0. The number of nitrogens with zero attached hydrogens (tertiary/aromatic N) is 3. The predicted octanol–water partition coefficient (Wildman–Crippen LogP) is 5.35. The summed E-state index contributed by atoms with van der Waals surface area (Å²) < 4.78 is 0. The molecule has 0 spiro atoms. The Morgan fingerprint density at radius 3 is 2.43 bits per heavy atom. The van der Waals surface area contributed by atoms with Crippen molar-refractivity contribution in [1.29, 1.82) is 0 Å². The average molecular weight is 470 g/mol. The number of pyridine rings is 1. The van der Waals surface area contributed by atoms with Crippen LogP contribution in [-0.2, 0) is 11.2 Å². The third-order valence-electron chi connectivity index (χ3n) is 8.09. The fraction of sp³-hybridized carbons (Fsp3) is 0.433. The minimum atomic E-state index is -0.382. The van der Waals surface area contributed by atoms with Gasteiger partial charge in [-0.25, -0.2) is 0 Å². The highest BCUT2D eigenvalue weighted by Crippen LogP contribution is 2.35. The van der Waals surface area contributed by atoms with E-state index in [-0.39, 0.29) is 17.2 Å². The van der Waals surface area contributed by atoms with Crippen LogP contribution < -0.4 is 0 Å². The average Bonchev–Trinajstić information content (AvgIpc) is 3.14. The summed E-state index contributed by atoms with van der Waals surface area (Å²) in [4.78, 5) is 34.9. The third-order valence-corrected chi connectivity index (χ3v) is 8.09. The van der Waals surface area contributed by atoms with Gasteiger partial charge < -0.3 is 9.80 Å². The van der Waals surface area contributed by atoms with Gasteiger partial charge in [0, 0.05) is 54.9 Å². The highest BCUT2D eigenvalue weighted by atomic mass is 16.2. The molecule has 3 aromatic rings. The highest BCUT2D eigenvalue weighted by Gasteiger charge is 2.41. The Labute approximate surface area is 208 Å². The fourth-order valence-electron chi connectivity index (χ4n) is 5.79. The molecule has 3 heterocycles. The molecule has 2 aliphatic rings. The van der Waals surface area contributed by atoms with Crippen LogP contribution in [0.5, 0.6) is 0 Å². The van der Waals surface area contributed by atoms with Crippen LogP contribution in [0.25, 0.3) is 10.8 Å². The minimum Gasteiger partial charge on any atom is -0.342 e. The molecule has 0 unspecified atom stereocenters. The summed E-state index contributed by atoms with van der Waals surface area (Å²) in [6.45, 7) is 5.04. The molecule has 35 heavy (non-hydrogen) atoms. The molecule has 5 nitrogen and oxygen atoms in total. The summed E-state index contributed by atoms with van der Waals surface area (Å²) in [5, 5.41) is 2.49. The standard InChI is InChI=1S/C30H35N3O2/c1-30(14-18-32(19-15-30)28(34)24-9-3-2-4-10-24)29(35)33-16-7-8-23(13-17-33)20-26-22-31-21-25-11-5-6-12-27(25)26/h2-6,9-12,21-23H,7-8,13-20H2,1H3/t23-/m1/s1. The first kappa shape index (κ1) is 23.5. The second kappa shape index (κ2) is 10.2. The van der Waals surface area contributed by atoms with Gasteiger partial charge in [0.2, 0.25) is 5.91 Å². The van der Waals surface area contributed by atoms with Crippen LogP contribution in [0.1, 0.15) is 54.9 Å². The number of carbonyl (C=O) groups is 2. The monoisotopic (exact) mass is 469 g/mol. The highest BCUT2D eigenvalue weighted by molar-refractivity contribution is 5.94. The first-order valence-electron chi connectivity index (χ1n) is 13.0. The van der Waals surface area contributed by atoms with E-state index in [1.54, 1.807) is 0 Å². The van der Waals surface area contributed by atoms with E-state index >= 15 is 0 Å². The first-order chi connectivity index (χ1) is 17.0. The Morgan fingerprint density at radius 2 is 1.63 bits per heavy atom. The molecule has 0 saturated carbocycles. The normalized spacial score (nSPS) is 20.4. The van der Waals surface area contributed by atoms with E-state index in [1.807, 2.05) is 47.6 Å². The molecule has 0 bridgehead atoms. The van der Waals surface area contributed by atoms with Gasteiger partial charge in [0.25, 0.3) is 5.91 Å². The lowest BCUT2D eigenvalue weighted by atomic mass is 9.78. The zero-order valence-corrected chi connectivity index (χ0v) is 20.7. The largest absolute Gasteiger partial charge is 0.342 e. The summed E-state index contributed by atoms with van der Waals surface area (Å²) >= 11 is 0. The Kier molecular flexibility index (Phi) is 6.85. The number of amides is 2. The lowest BCUT2D eigenvalue weighted by molar-refractivity contribution is -0.143. The predicted molar refractivity (Wildman–Crippen MR) is 139 cm³/mol. The maximum atomic E-state index is 13.6. The zero-order valence-electron chi connectivity index (χ0n) is 20.7.